The third kappa shape index (κ3) is 5.37. The molecule has 11 nitrogen and oxygen atoms in total. The van der Waals surface area contributed by atoms with Gasteiger partial charge in [-0.05, 0) is 30.9 Å². The molecule has 1 aliphatic rings. The summed E-state index contributed by atoms with van der Waals surface area (Å²) in [7, 11) is 3.41. The summed E-state index contributed by atoms with van der Waals surface area (Å²) in [4.78, 5) is 37.5. The predicted molar refractivity (Wildman–Crippen MR) is 144 cm³/mol. The Morgan fingerprint density at radius 2 is 1.89 bits per heavy atom. The number of hydrogen-bond donors (Lipinski definition) is 2. The summed E-state index contributed by atoms with van der Waals surface area (Å²) in [5, 5.41) is 19.3. The Bertz CT molecular complexity index is 1470. The number of aliphatic hydroxyl groups is 1. The molecule has 1 saturated heterocycles. The topological polar surface area (TPSA) is 121 Å². The number of benzene rings is 1. The lowest BCUT2D eigenvalue weighted by Crippen LogP contribution is -2.51. The molecular weight excluding hydrogens is 484 g/mol. The molecule has 198 valence electrons. The predicted octanol–water partition coefficient (Wildman–Crippen LogP) is 2.14. The van der Waals surface area contributed by atoms with E-state index in [0.717, 1.165) is 18.7 Å². The molecule has 4 aromatic rings. The van der Waals surface area contributed by atoms with Gasteiger partial charge in [0, 0.05) is 33.7 Å². The van der Waals surface area contributed by atoms with E-state index in [-0.39, 0.29) is 18.1 Å². The van der Waals surface area contributed by atoms with Gasteiger partial charge in [-0.1, -0.05) is 30.3 Å². The molecule has 0 aliphatic carbocycles. The van der Waals surface area contributed by atoms with Crippen LogP contribution in [0.25, 0.3) is 16.7 Å². The van der Waals surface area contributed by atoms with Gasteiger partial charge in [-0.25, -0.2) is 14.5 Å². The number of hydrogen-bond acceptors (Lipinski definition) is 7. The zero-order chi connectivity index (χ0) is 26.7. The van der Waals surface area contributed by atoms with Crippen LogP contribution in [0.2, 0.25) is 0 Å². The van der Waals surface area contributed by atoms with Crippen molar-refractivity contribution in [2.75, 3.05) is 39.0 Å². The minimum Gasteiger partial charge on any atom is -0.388 e. The van der Waals surface area contributed by atoms with E-state index < -0.39 is 5.60 Å². The van der Waals surface area contributed by atoms with Crippen molar-refractivity contribution in [2.24, 2.45) is 0 Å². The van der Waals surface area contributed by atoms with E-state index in [9.17, 15) is 14.7 Å². The maximum atomic E-state index is 13.3. The summed E-state index contributed by atoms with van der Waals surface area (Å²) < 4.78 is 3.02. The van der Waals surface area contributed by atoms with Crippen LogP contribution in [-0.2, 0) is 13.0 Å². The van der Waals surface area contributed by atoms with Crippen molar-refractivity contribution in [1.29, 1.82) is 0 Å². The molecule has 1 fully saturated rings. The summed E-state index contributed by atoms with van der Waals surface area (Å²) in [5.41, 5.74) is 1.84. The fourth-order valence-corrected chi connectivity index (χ4v) is 4.76. The minimum atomic E-state index is -1.10. The number of amides is 2. The van der Waals surface area contributed by atoms with Gasteiger partial charge in [-0.3, -0.25) is 14.3 Å². The molecule has 0 bridgehead atoms. The standard InChI is InChI=1S/C27H32N8O3/c1-32(2)26(37)33-12-9-27(38,10-13-33)18-34-19-30-24-23(25(34)36)17-31-35(24)22-14-21(15-28-16-22)29-11-8-20-6-4-3-5-7-20/h3-7,14-17,19,29,38H,8-13,18H2,1-2H3. The molecular formula is C27H32N8O3. The van der Waals surface area contributed by atoms with Crippen molar-refractivity contribution in [2.45, 2.75) is 31.4 Å². The van der Waals surface area contributed by atoms with Crippen LogP contribution in [0.15, 0.2) is 66.1 Å². The number of rotatable bonds is 7. The van der Waals surface area contributed by atoms with E-state index in [1.807, 2.05) is 24.3 Å². The van der Waals surface area contributed by atoms with Gasteiger partial charge in [-0.15, -0.1) is 0 Å². The normalized spacial score (nSPS) is 15.0. The van der Waals surface area contributed by atoms with Crippen LogP contribution in [-0.4, -0.2) is 84.6 Å². The van der Waals surface area contributed by atoms with Crippen molar-refractivity contribution < 1.29 is 9.90 Å². The van der Waals surface area contributed by atoms with Crippen LogP contribution >= 0.6 is 0 Å². The number of carbonyl (C=O) groups is 1. The molecule has 3 aromatic heterocycles. The van der Waals surface area contributed by atoms with Crippen LogP contribution < -0.4 is 10.9 Å². The molecule has 0 unspecified atom stereocenters. The highest BCUT2D eigenvalue weighted by Gasteiger charge is 2.35. The van der Waals surface area contributed by atoms with E-state index in [0.29, 0.717) is 42.7 Å². The first kappa shape index (κ1) is 25.4. The number of likely N-dealkylation sites (tertiary alicyclic amines) is 1. The van der Waals surface area contributed by atoms with E-state index in [2.05, 4.69) is 32.5 Å². The SMILES string of the molecule is CN(C)C(=O)N1CCC(O)(Cn2cnc3c(cnn3-c3cncc(NCCc4ccccc4)c3)c2=O)CC1. The van der Waals surface area contributed by atoms with E-state index in [4.69, 9.17) is 0 Å². The van der Waals surface area contributed by atoms with Crippen LogP contribution in [0.1, 0.15) is 18.4 Å². The fourth-order valence-electron chi connectivity index (χ4n) is 4.76. The third-order valence-corrected chi connectivity index (χ3v) is 6.92. The zero-order valence-electron chi connectivity index (χ0n) is 21.6. The first-order valence-corrected chi connectivity index (χ1v) is 12.7. The lowest BCUT2D eigenvalue weighted by molar-refractivity contribution is -0.0282. The first-order valence-electron chi connectivity index (χ1n) is 12.7. The second kappa shape index (κ2) is 10.6. The smallest absolute Gasteiger partial charge is 0.319 e. The number of carbonyl (C=O) groups excluding carboxylic acids is 1. The molecule has 2 N–H and O–H groups in total. The Kier molecular flexibility index (Phi) is 7.10. The van der Waals surface area contributed by atoms with Gasteiger partial charge in [0.1, 0.15) is 11.7 Å². The zero-order valence-corrected chi connectivity index (χ0v) is 21.6. The summed E-state index contributed by atoms with van der Waals surface area (Å²) in [6.07, 6.45) is 8.02. The maximum absolute atomic E-state index is 13.3. The third-order valence-electron chi connectivity index (χ3n) is 6.92. The van der Waals surface area contributed by atoms with Crippen molar-refractivity contribution in [3.63, 3.8) is 0 Å². The van der Waals surface area contributed by atoms with E-state index in [1.54, 1.807) is 36.1 Å². The number of pyridine rings is 1. The van der Waals surface area contributed by atoms with Gasteiger partial charge in [0.25, 0.3) is 5.56 Å². The number of piperidine rings is 1. The van der Waals surface area contributed by atoms with Crippen LogP contribution in [0.5, 0.6) is 0 Å². The Hall–Kier alpha value is -4.25. The van der Waals surface area contributed by atoms with E-state index in [1.165, 1.54) is 27.6 Å². The fraction of sp³-hybridized carbons (Fsp3) is 0.370. The average molecular weight is 517 g/mol. The average Bonchev–Trinajstić information content (AvgIpc) is 3.36. The summed E-state index contributed by atoms with van der Waals surface area (Å²) >= 11 is 0. The molecule has 0 saturated carbocycles. The summed E-state index contributed by atoms with van der Waals surface area (Å²) in [6, 6.07) is 12.1. The van der Waals surface area contributed by atoms with Crippen LogP contribution in [0, 0.1) is 0 Å². The molecule has 1 aromatic carbocycles. The number of anilines is 1. The van der Waals surface area contributed by atoms with Gasteiger partial charge >= 0.3 is 6.03 Å². The second-order valence-corrected chi connectivity index (χ2v) is 9.95. The van der Waals surface area contributed by atoms with Crippen molar-refractivity contribution in [1.82, 2.24) is 34.1 Å². The number of nitrogens with one attached hydrogen (secondary N) is 1. The monoisotopic (exact) mass is 516 g/mol. The highest BCUT2D eigenvalue weighted by molar-refractivity contribution is 5.75. The maximum Gasteiger partial charge on any atom is 0.319 e. The Labute approximate surface area is 220 Å². The van der Waals surface area contributed by atoms with Gasteiger partial charge < -0.3 is 20.2 Å². The molecule has 0 radical (unpaired) electrons. The number of nitrogens with zero attached hydrogens (tertiary/aromatic N) is 7. The van der Waals surface area contributed by atoms with E-state index >= 15 is 0 Å². The Morgan fingerprint density at radius 1 is 1.13 bits per heavy atom. The quantitative estimate of drug-likeness (QED) is 0.386. The van der Waals surface area contributed by atoms with Crippen LogP contribution in [0.4, 0.5) is 10.5 Å². The Balaban J connectivity index is 1.29. The van der Waals surface area contributed by atoms with Gasteiger partial charge in [0.05, 0.1) is 42.1 Å². The minimum absolute atomic E-state index is 0.0790. The number of aromatic nitrogens is 5. The lowest BCUT2D eigenvalue weighted by atomic mass is 9.91. The molecule has 4 heterocycles. The molecule has 11 heteroatoms. The summed E-state index contributed by atoms with van der Waals surface area (Å²) in [5.74, 6) is 0. The van der Waals surface area contributed by atoms with Crippen molar-refractivity contribution >= 4 is 22.8 Å². The lowest BCUT2D eigenvalue weighted by Gasteiger charge is -2.39. The summed E-state index contributed by atoms with van der Waals surface area (Å²) in [6.45, 7) is 1.71. The number of fused-ring (bicyclic) bond motifs is 1. The Morgan fingerprint density at radius 3 is 2.63 bits per heavy atom. The molecule has 0 atom stereocenters. The second-order valence-electron chi connectivity index (χ2n) is 9.95. The van der Waals surface area contributed by atoms with Gasteiger partial charge in [-0.2, -0.15) is 5.10 Å². The number of urea groups is 1. The first-order chi connectivity index (χ1) is 18.3. The molecule has 5 rings (SSSR count). The van der Waals surface area contributed by atoms with Crippen molar-refractivity contribution in [3.05, 3.63) is 77.2 Å². The van der Waals surface area contributed by atoms with Crippen molar-refractivity contribution in [3.8, 4) is 5.69 Å². The van der Waals surface area contributed by atoms with Crippen LogP contribution in [0.3, 0.4) is 0 Å². The molecule has 1 aliphatic heterocycles. The molecule has 38 heavy (non-hydrogen) atoms. The van der Waals surface area contributed by atoms with Gasteiger partial charge in [0.15, 0.2) is 5.65 Å². The molecule has 2 amide bonds. The highest BCUT2D eigenvalue weighted by atomic mass is 16.3. The largest absolute Gasteiger partial charge is 0.388 e. The molecule has 0 spiro atoms. The highest BCUT2D eigenvalue weighted by Crippen LogP contribution is 2.25. The van der Waals surface area contributed by atoms with Gasteiger partial charge in [0.2, 0.25) is 0 Å².